The zero-order chi connectivity index (χ0) is 13.0. The van der Waals surface area contributed by atoms with Crippen LogP contribution in [0.15, 0.2) is 0 Å². The smallest absolute Gasteiger partial charge is 0.223 e. The Balaban J connectivity index is 0.00000289. The van der Waals surface area contributed by atoms with Crippen molar-refractivity contribution in [3.63, 3.8) is 0 Å². The van der Waals surface area contributed by atoms with Crippen LogP contribution in [0.1, 0.15) is 53.4 Å². The number of likely N-dealkylation sites (tertiary alicyclic amines) is 1. The van der Waals surface area contributed by atoms with Crippen LogP contribution >= 0.6 is 12.4 Å². The van der Waals surface area contributed by atoms with E-state index in [4.69, 9.17) is 5.73 Å². The maximum absolute atomic E-state index is 12.3. The van der Waals surface area contributed by atoms with Crippen molar-refractivity contribution in [2.45, 2.75) is 65.5 Å². The van der Waals surface area contributed by atoms with Crippen LogP contribution in [-0.4, -0.2) is 29.4 Å². The molecule has 1 aliphatic heterocycles. The average Bonchev–Trinajstić information content (AvgIpc) is 2.28. The molecular weight excluding hydrogens is 248 g/mol. The van der Waals surface area contributed by atoms with Gasteiger partial charge in [0.2, 0.25) is 5.91 Å². The first-order valence-electron chi connectivity index (χ1n) is 6.98. The monoisotopic (exact) mass is 276 g/mol. The van der Waals surface area contributed by atoms with Crippen molar-refractivity contribution in [1.82, 2.24) is 4.90 Å². The summed E-state index contributed by atoms with van der Waals surface area (Å²) in [4.78, 5) is 14.3. The maximum Gasteiger partial charge on any atom is 0.223 e. The topological polar surface area (TPSA) is 46.3 Å². The summed E-state index contributed by atoms with van der Waals surface area (Å²) in [5.74, 6) is 1.32. The standard InChI is InChI=1S/C14H28N2O.ClH/c1-10(2)11(3)9-14(17)16-8-6-5-7-13(16)12(4)15;/h10-13H,5-9,15H2,1-4H3;1H. The minimum absolute atomic E-state index is 0. The molecule has 1 aliphatic rings. The van der Waals surface area contributed by atoms with E-state index in [1.807, 2.05) is 11.8 Å². The molecule has 108 valence electrons. The van der Waals surface area contributed by atoms with Gasteiger partial charge in [0.25, 0.3) is 0 Å². The molecule has 1 saturated heterocycles. The van der Waals surface area contributed by atoms with Crippen LogP contribution in [0.5, 0.6) is 0 Å². The SMILES string of the molecule is CC(C)C(C)CC(=O)N1CCCCC1C(C)N.Cl. The van der Waals surface area contributed by atoms with E-state index >= 15 is 0 Å². The van der Waals surface area contributed by atoms with Crippen molar-refractivity contribution in [3.8, 4) is 0 Å². The van der Waals surface area contributed by atoms with Crippen molar-refractivity contribution < 1.29 is 4.79 Å². The predicted octanol–water partition coefficient (Wildman–Crippen LogP) is 2.82. The summed E-state index contributed by atoms with van der Waals surface area (Å²) >= 11 is 0. The van der Waals surface area contributed by atoms with Gasteiger partial charge < -0.3 is 10.6 Å². The molecular formula is C14H29ClN2O. The van der Waals surface area contributed by atoms with Gasteiger partial charge in [0.15, 0.2) is 0 Å². The fourth-order valence-electron chi connectivity index (χ4n) is 2.44. The molecule has 0 saturated carbocycles. The summed E-state index contributed by atoms with van der Waals surface area (Å²) in [7, 11) is 0. The zero-order valence-electron chi connectivity index (χ0n) is 12.2. The Hall–Kier alpha value is -0.280. The lowest BCUT2D eigenvalue weighted by Gasteiger charge is -2.38. The van der Waals surface area contributed by atoms with E-state index in [1.165, 1.54) is 6.42 Å². The number of carbonyl (C=O) groups is 1. The van der Waals surface area contributed by atoms with Crippen LogP contribution in [0.4, 0.5) is 0 Å². The summed E-state index contributed by atoms with van der Waals surface area (Å²) in [6.07, 6.45) is 4.07. The molecule has 1 heterocycles. The van der Waals surface area contributed by atoms with Gasteiger partial charge in [-0.25, -0.2) is 0 Å². The summed E-state index contributed by atoms with van der Waals surface area (Å²) in [6.45, 7) is 9.43. The molecule has 2 N–H and O–H groups in total. The molecule has 3 unspecified atom stereocenters. The minimum Gasteiger partial charge on any atom is -0.338 e. The predicted molar refractivity (Wildman–Crippen MR) is 78.9 cm³/mol. The Labute approximate surface area is 118 Å². The average molecular weight is 277 g/mol. The van der Waals surface area contributed by atoms with Crippen LogP contribution < -0.4 is 5.73 Å². The molecule has 0 aromatic heterocycles. The van der Waals surface area contributed by atoms with Crippen molar-refractivity contribution in [1.29, 1.82) is 0 Å². The summed E-state index contributed by atoms with van der Waals surface area (Å²) in [6, 6.07) is 0.351. The van der Waals surface area contributed by atoms with Crippen LogP contribution in [0.2, 0.25) is 0 Å². The van der Waals surface area contributed by atoms with E-state index in [-0.39, 0.29) is 24.5 Å². The van der Waals surface area contributed by atoms with E-state index < -0.39 is 0 Å². The third-order valence-electron chi connectivity index (χ3n) is 4.11. The highest BCUT2D eigenvalue weighted by Crippen LogP contribution is 2.22. The summed E-state index contributed by atoms with van der Waals surface area (Å²) < 4.78 is 0. The molecule has 0 aromatic carbocycles. The molecule has 0 aromatic rings. The Kier molecular flexibility index (Phi) is 7.88. The number of nitrogens with zero attached hydrogens (tertiary/aromatic N) is 1. The van der Waals surface area contributed by atoms with Gasteiger partial charge in [-0.3, -0.25) is 4.79 Å². The van der Waals surface area contributed by atoms with E-state index in [0.29, 0.717) is 24.2 Å². The van der Waals surface area contributed by atoms with Gasteiger partial charge in [0, 0.05) is 25.0 Å². The van der Waals surface area contributed by atoms with Gasteiger partial charge in [-0.1, -0.05) is 20.8 Å². The van der Waals surface area contributed by atoms with E-state index in [9.17, 15) is 4.79 Å². The van der Waals surface area contributed by atoms with Gasteiger partial charge in [-0.2, -0.15) is 0 Å². The minimum atomic E-state index is 0. The van der Waals surface area contributed by atoms with E-state index in [0.717, 1.165) is 19.4 Å². The molecule has 18 heavy (non-hydrogen) atoms. The lowest BCUT2D eigenvalue weighted by atomic mass is 9.91. The number of rotatable bonds is 4. The Morgan fingerprint density at radius 1 is 1.28 bits per heavy atom. The highest BCUT2D eigenvalue weighted by molar-refractivity contribution is 5.85. The molecule has 4 heteroatoms. The van der Waals surface area contributed by atoms with Gasteiger partial charge in [0.05, 0.1) is 0 Å². The number of carbonyl (C=O) groups excluding carboxylic acids is 1. The van der Waals surface area contributed by atoms with Crippen LogP contribution in [0.25, 0.3) is 0 Å². The molecule has 0 bridgehead atoms. The van der Waals surface area contributed by atoms with Crippen molar-refractivity contribution in [2.24, 2.45) is 17.6 Å². The molecule has 1 rings (SSSR count). The third-order valence-corrected chi connectivity index (χ3v) is 4.11. The first-order chi connectivity index (χ1) is 7.93. The fourth-order valence-corrected chi connectivity index (χ4v) is 2.44. The Morgan fingerprint density at radius 3 is 2.39 bits per heavy atom. The number of piperidine rings is 1. The van der Waals surface area contributed by atoms with E-state index in [2.05, 4.69) is 20.8 Å². The van der Waals surface area contributed by atoms with E-state index in [1.54, 1.807) is 0 Å². The number of hydrogen-bond donors (Lipinski definition) is 1. The molecule has 0 aliphatic carbocycles. The lowest BCUT2D eigenvalue weighted by Crippen LogP contribution is -2.52. The second-order valence-corrected chi connectivity index (χ2v) is 5.93. The number of amides is 1. The van der Waals surface area contributed by atoms with Crippen LogP contribution in [-0.2, 0) is 4.79 Å². The lowest BCUT2D eigenvalue weighted by molar-refractivity contribution is -0.136. The molecule has 0 spiro atoms. The molecule has 1 fully saturated rings. The number of nitrogens with two attached hydrogens (primary N) is 1. The molecule has 3 nitrogen and oxygen atoms in total. The first kappa shape index (κ1) is 17.7. The van der Waals surface area contributed by atoms with Crippen LogP contribution in [0, 0.1) is 11.8 Å². The fraction of sp³-hybridized carbons (Fsp3) is 0.929. The Morgan fingerprint density at radius 2 is 1.89 bits per heavy atom. The van der Waals surface area contributed by atoms with Gasteiger partial charge >= 0.3 is 0 Å². The Bertz CT molecular complexity index is 256. The normalized spacial score (nSPS) is 23.4. The zero-order valence-corrected chi connectivity index (χ0v) is 13.0. The highest BCUT2D eigenvalue weighted by Gasteiger charge is 2.29. The summed E-state index contributed by atoms with van der Waals surface area (Å²) in [5.41, 5.74) is 5.99. The number of halogens is 1. The van der Waals surface area contributed by atoms with Gasteiger partial charge in [-0.15, -0.1) is 12.4 Å². The first-order valence-corrected chi connectivity index (χ1v) is 6.98. The molecule has 1 amide bonds. The second-order valence-electron chi connectivity index (χ2n) is 5.93. The third kappa shape index (κ3) is 4.77. The van der Waals surface area contributed by atoms with Crippen LogP contribution in [0.3, 0.4) is 0 Å². The van der Waals surface area contributed by atoms with Gasteiger partial charge in [0.1, 0.15) is 0 Å². The quantitative estimate of drug-likeness (QED) is 0.858. The highest BCUT2D eigenvalue weighted by atomic mass is 35.5. The van der Waals surface area contributed by atoms with Crippen molar-refractivity contribution in [3.05, 3.63) is 0 Å². The maximum atomic E-state index is 12.3. The second kappa shape index (κ2) is 8.00. The molecule has 0 radical (unpaired) electrons. The number of hydrogen-bond acceptors (Lipinski definition) is 2. The summed E-state index contributed by atoms with van der Waals surface area (Å²) in [5, 5.41) is 0. The van der Waals surface area contributed by atoms with Gasteiger partial charge in [-0.05, 0) is 38.0 Å². The molecule has 3 atom stereocenters. The van der Waals surface area contributed by atoms with Crippen molar-refractivity contribution in [2.75, 3.05) is 6.54 Å². The largest absolute Gasteiger partial charge is 0.338 e. The van der Waals surface area contributed by atoms with Crippen molar-refractivity contribution >= 4 is 18.3 Å².